The van der Waals surface area contributed by atoms with Gasteiger partial charge in [0.2, 0.25) is 0 Å². The predicted octanol–water partition coefficient (Wildman–Crippen LogP) is 5.71. The minimum atomic E-state index is -2.90. The van der Waals surface area contributed by atoms with E-state index in [1.807, 2.05) is 9.80 Å². The number of hydrogen-bond donors (Lipinski definition) is 2. The molecule has 5 heterocycles. The van der Waals surface area contributed by atoms with Crippen LogP contribution >= 0.6 is 0 Å². The summed E-state index contributed by atoms with van der Waals surface area (Å²) in [5.41, 5.74) is -0.578. The Morgan fingerprint density at radius 1 is 1.04 bits per heavy atom. The number of anilines is 1. The molecule has 2 N–H and O–H groups in total. The molecule has 13 heteroatoms. The number of aliphatic hydroxyl groups is 1. The Labute approximate surface area is 267 Å². The molecule has 246 valence electrons. The molecule has 3 aromatic heterocycles. The lowest BCUT2D eigenvalue weighted by Gasteiger charge is -2.34. The SMILES string of the molecule is CCc1c(F)ccc2cc(O)cc(-c3c(F)c4nc(OCC5(CN6CCC6)CC5(F)F)nc(N5CCCC(O)C5)c4c4ccnn34)c12. The van der Waals surface area contributed by atoms with Gasteiger partial charge in [-0.05, 0) is 79.4 Å². The van der Waals surface area contributed by atoms with E-state index in [1.54, 1.807) is 13.0 Å². The number of likely N-dealkylation sites (tertiary alicyclic amines) is 1. The van der Waals surface area contributed by atoms with Gasteiger partial charge in [0.05, 0.1) is 28.6 Å². The molecule has 1 aliphatic carbocycles. The number of halogens is 4. The number of ether oxygens (including phenoxy) is 1. The number of benzene rings is 2. The van der Waals surface area contributed by atoms with Crippen molar-refractivity contribution < 1.29 is 32.5 Å². The second kappa shape index (κ2) is 10.9. The van der Waals surface area contributed by atoms with Crippen LogP contribution in [0.1, 0.15) is 38.2 Å². The summed E-state index contributed by atoms with van der Waals surface area (Å²) in [7, 11) is 0. The molecule has 1 saturated carbocycles. The number of β-amino-alcohol motifs (C(OH)–C–C–N with tert-alkyl or cyclic N) is 1. The lowest BCUT2D eigenvalue weighted by molar-refractivity contribution is 0.0110. The molecule has 2 saturated heterocycles. The Morgan fingerprint density at radius 2 is 1.85 bits per heavy atom. The fourth-order valence-corrected chi connectivity index (χ4v) is 7.33. The number of aliphatic hydroxyl groups excluding tert-OH is 1. The van der Waals surface area contributed by atoms with E-state index in [4.69, 9.17) is 4.74 Å². The Morgan fingerprint density at radius 3 is 2.55 bits per heavy atom. The molecule has 0 radical (unpaired) electrons. The van der Waals surface area contributed by atoms with Gasteiger partial charge in [-0.25, -0.2) is 22.1 Å². The van der Waals surface area contributed by atoms with Gasteiger partial charge in [-0.1, -0.05) is 13.0 Å². The zero-order valence-corrected chi connectivity index (χ0v) is 25.8. The summed E-state index contributed by atoms with van der Waals surface area (Å²) in [5.74, 6) is -4.04. The van der Waals surface area contributed by atoms with E-state index in [0.717, 1.165) is 19.5 Å². The molecular weight excluding hydrogens is 616 g/mol. The van der Waals surface area contributed by atoms with Gasteiger partial charge in [-0.2, -0.15) is 15.1 Å². The summed E-state index contributed by atoms with van der Waals surface area (Å²) >= 11 is 0. The number of aromatic nitrogens is 4. The first-order valence-electron chi connectivity index (χ1n) is 16.1. The van der Waals surface area contributed by atoms with Crippen molar-refractivity contribution in [3.8, 4) is 23.0 Å². The number of piperidine rings is 1. The van der Waals surface area contributed by atoms with Crippen LogP contribution in [-0.4, -0.2) is 86.1 Å². The fraction of sp³-hybridized carbons (Fsp3) is 0.441. The zero-order chi connectivity index (χ0) is 32.7. The summed E-state index contributed by atoms with van der Waals surface area (Å²) in [6.45, 7) is 3.90. The molecule has 5 aromatic rings. The van der Waals surface area contributed by atoms with Crippen LogP contribution in [0.25, 0.3) is 38.4 Å². The molecule has 9 nitrogen and oxygen atoms in total. The number of hydrogen-bond acceptors (Lipinski definition) is 8. The highest BCUT2D eigenvalue weighted by molar-refractivity contribution is 6.07. The Bertz CT molecular complexity index is 2050. The summed E-state index contributed by atoms with van der Waals surface area (Å²) < 4.78 is 69.1. The van der Waals surface area contributed by atoms with Gasteiger partial charge in [0, 0.05) is 31.6 Å². The molecule has 3 aliphatic rings. The molecule has 47 heavy (non-hydrogen) atoms. The first-order chi connectivity index (χ1) is 22.6. The maximum Gasteiger partial charge on any atom is 0.319 e. The number of nitrogens with zero attached hydrogens (tertiary/aromatic N) is 6. The van der Waals surface area contributed by atoms with E-state index in [9.17, 15) is 19.0 Å². The smallest absolute Gasteiger partial charge is 0.319 e. The second-order valence-electron chi connectivity index (χ2n) is 13.1. The Hall–Kier alpha value is -4.23. The monoisotopic (exact) mass is 650 g/mol. The van der Waals surface area contributed by atoms with Gasteiger partial charge in [0.25, 0.3) is 5.92 Å². The molecule has 3 fully saturated rings. The normalized spacial score (nSPS) is 22.7. The van der Waals surface area contributed by atoms with Gasteiger partial charge in [-0.3, -0.25) is 0 Å². The number of phenols is 1. The van der Waals surface area contributed by atoms with Gasteiger partial charge < -0.3 is 24.7 Å². The molecule has 0 spiro atoms. The van der Waals surface area contributed by atoms with Crippen molar-refractivity contribution in [2.24, 2.45) is 5.41 Å². The molecular formula is C34H34F4N6O3. The molecule has 2 aliphatic heterocycles. The van der Waals surface area contributed by atoms with E-state index in [1.165, 1.54) is 35.0 Å². The van der Waals surface area contributed by atoms with Crippen molar-refractivity contribution in [2.45, 2.75) is 51.1 Å². The number of alkyl halides is 2. The first-order valence-corrected chi connectivity index (χ1v) is 16.1. The van der Waals surface area contributed by atoms with Crippen molar-refractivity contribution in [3.05, 3.63) is 53.7 Å². The lowest BCUT2D eigenvalue weighted by atomic mass is 9.94. The van der Waals surface area contributed by atoms with Crippen LogP contribution in [0, 0.1) is 17.0 Å². The standard InChI is InChI=1S/C34H34F4N6O3/c1-2-22-24(35)7-6-19-13-21(46)14-23(26(19)22)30-28(36)29-27(25-8-9-39-44(25)30)31(43-12-3-5-20(45)15-43)41-32(40-29)47-18-33(16-34(33,37)38)17-42-10-4-11-42/h6-9,13-14,20,45-46H,2-5,10-12,15-18H2,1H3. The highest BCUT2D eigenvalue weighted by atomic mass is 19.3. The van der Waals surface area contributed by atoms with Crippen LogP contribution in [0.3, 0.4) is 0 Å². The quantitative estimate of drug-likeness (QED) is 0.206. The maximum atomic E-state index is 17.2. The third-order valence-corrected chi connectivity index (χ3v) is 10.0. The lowest BCUT2D eigenvalue weighted by Crippen LogP contribution is -2.44. The summed E-state index contributed by atoms with van der Waals surface area (Å²) in [6, 6.07) is 7.14. The topological polar surface area (TPSA) is 99.3 Å². The van der Waals surface area contributed by atoms with Crippen LogP contribution < -0.4 is 9.64 Å². The van der Waals surface area contributed by atoms with E-state index >= 15 is 8.78 Å². The number of aromatic hydroxyl groups is 1. The Balaban J connectivity index is 1.34. The highest BCUT2D eigenvalue weighted by Gasteiger charge is 2.72. The third kappa shape index (κ3) is 4.85. The van der Waals surface area contributed by atoms with Crippen LogP contribution in [0.15, 0.2) is 36.5 Å². The number of rotatable bonds is 8. The molecule has 2 aromatic carbocycles. The predicted molar refractivity (Wildman–Crippen MR) is 168 cm³/mol. The van der Waals surface area contributed by atoms with Crippen molar-refractivity contribution in [3.63, 3.8) is 0 Å². The first kappa shape index (κ1) is 30.1. The zero-order valence-electron chi connectivity index (χ0n) is 25.8. The van der Waals surface area contributed by atoms with Gasteiger partial charge in [0.1, 0.15) is 35.2 Å². The second-order valence-corrected chi connectivity index (χ2v) is 13.1. The maximum absolute atomic E-state index is 17.2. The number of pyridine rings is 1. The van der Waals surface area contributed by atoms with Crippen molar-refractivity contribution in [1.82, 2.24) is 24.5 Å². The van der Waals surface area contributed by atoms with Crippen molar-refractivity contribution in [2.75, 3.05) is 44.2 Å². The van der Waals surface area contributed by atoms with Crippen molar-refractivity contribution in [1.29, 1.82) is 0 Å². The third-order valence-electron chi connectivity index (χ3n) is 10.0. The highest BCUT2D eigenvalue weighted by Crippen LogP contribution is 2.61. The van der Waals surface area contributed by atoms with Crippen LogP contribution in [0.4, 0.5) is 23.4 Å². The van der Waals surface area contributed by atoms with E-state index < -0.39 is 29.1 Å². The van der Waals surface area contributed by atoms with Gasteiger partial charge in [-0.15, -0.1) is 0 Å². The average Bonchev–Trinajstić information content (AvgIpc) is 3.29. The number of aryl methyl sites for hydroxylation is 1. The van der Waals surface area contributed by atoms with Gasteiger partial charge in [0.15, 0.2) is 5.82 Å². The minimum absolute atomic E-state index is 0.0593. The van der Waals surface area contributed by atoms with E-state index in [0.29, 0.717) is 58.9 Å². The molecule has 0 bridgehead atoms. The van der Waals surface area contributed by atoms with Crippen LogP contribution in [0.5, 0.6) is 11.8 Å². The summed E-state index contributed by atoms with van der Waals surface area (Å²) in [6.07, 6.45) is 3.07. The molecule has 2 unspecified atom stereocenters. The van der Waals surface area contributed by atoms with E-state index in [-0.39, 0.29) is 54.7 Å². The summed E-state index contributed by atoms with van der Waals surface area (Å²) in [5, 5.41) is 26.9. The average molecular weight is 651 g/mol. The molecule has 0 amide bonds. The fourth-order valence-electron chi connectivity index (χ4n) is 7.33. The van der Waals surface area contributed by atoms with Gasteiger partial charge >= 0.3 is 6.01 Å². The molecule has 8 rings (SSSR count). The van der Waals surface area contributed by atoms with Crippen LogP contribution in [-0.2, 0) is 6.42 Å². The minimum Gasteiger partial charge on any atom is -0.508 e. The largest absolute Gasteiger partial charge is 0.508 e. The Kier molecular flexibility index (Phi) is 6.99. The molecule has 2 atom stereocenters. The number of fused-ring (bicyclic) bond motifs is 4. The number of phenolic OH excluding ortho intramolecular Hbond substituents is 1. The van der Waals surface area contributed by atoms with E-state index in [2.05, 4.69) is 15.1 Å². The summed E-state index contributed by atoms with van der Waals surface area (Å²) in [4.78, 5) is 12.9. The van der Waals surface area contributed by atoms with Crippen LogP contribution in [0.2, 0.25) is 0 Å². The van der Waals surface area contributed by atoms with Crippen molar-refractivity contribution >= 4 is 33.0 Å².